The molecule has 0 saturated heterocycles. The minimum atomic E-state index is -4.45. The van der Waals surface area contributed by atoms with Crippen molar-refractivity contribution in [3.63, 3.8) is 0 Å². The monoisotopic (exact) mass is 651 g/mol. The van der Waals surface area contributed by atoms with Crippen LogP contribution >= 0.6 is 11.3 Å². The Kier molecular flexibility index (Phi) is 9.01. The first-order chi connectivity index (χ1) is 21.0. The molecular weight excluding hydrogens is 627 g/mol. The van der Waals surface area contributed by atoms with E-state index in [1.54, 1.807) is 42.6 Å². The van der Waals surface area contributed by atoms with Gasteiger partial charge in [-0.3, -0.25) is 9.59 Å². The van der Waals surface area contributed by atoms with Crippen molar-refractivity contribution in [1.82, 2.24) is 19.7 Å². The van der Waals surface area contributed by atoms with Crippen LogP contribution in [0.5, 0.6) is 0 Å². The van der Waals surface area contributed by atoms with Crippen molar-refractivity contribution in [2.75, 3.05) is 11.9 Å². The van der Waals surface area contributed by atoms with Crippen molar-refractivity contribution >= 4 is 60.0 Å². The standard InChI is InChI=1S/C29H25N5O7S3/c35-28-21-17-19(7-6-16-31-24-10-4-5-15-30-24)11-12-22(21)32-25(33-28)18-23(29(36)37)34-44(40,41)27-14-13-26(42-27)43(38,39)20-8-2-1-3-9-20/h1-15,17,23,34H,16,18H2,(H,30,31)(H,36,37)(H,32,33,35)/t23-/m0/s1. The number of aromatic nitrogens is 3. The molecule has 2 aromatic carbocycles. The normalized spacial score (nSPS) is 12.8. The zero-order valence-electron chi connectivity index (χ0n) is 22.7. The lowest BCUT2D eigenvalue weighted by molar-refractivity contribution is -0.139. The van der Waals surface area contributed by atoms with E-state index < -0.39 is 43.9 Å². The summed E-state index contributed by atoms with van der Waals surface area (Å²) in [5, 5.41) is 13.2. The third kappa shape index (κ3) is 7.08. The van der Waals surface area contributed by atoms with Crippen LogP contribution in [-0.2, 0) is 31.1 Å². The van der Waals surface area contributed by atoms with E-state index in [1.807, 2.05) is 30.4 Å². The molecule has 0 radical (unpaired) electrons. The van der Waals surface area contributed by atoms with E-state index in [1.165, 1.54) is 12.1 Å². The number of anilines is 1. The number of thiophene rings is 1. The summed E-state index contributed by atoms with van der Waals surface area (Å²) in [6.07, 6.45) is 4.89. The number of carbonyl (C=O) groups is 1. The van der Waals surface area contributed by atoms with E-state index in [4.69, 9.17) is 0 Å². The van der Waals surface area contributed by atoms with Gasteiger partial charge in [0.05, 0.1) is 15.8 Å². The van der Waals surface area contributed by atoms with E-state index in [-0.39, 0.29) is 24.5 Å². The number of carboxylic acids is 1. The first-order valence-corrected chi connectivity index (χ1v) is 16.8. The Morgan fingerprint density at radius 1 is 0.977 bits per heavy atom. The highest BCUT2D eigenvalue weighted by Gasteiger charge is 2.29. The van der Waals surface area contributed by atoms with Crippen LogP contribution in [0.3, 0.4) is 0 Å². The predicted octanol–water partition coefficient (Wildman–Crippen LogP) is 3.31. The summed E-state index contributed by atoms with van der Waals surface area (Å²) in [4.78, 5) is 35.9. The van der Waals surface area contributed by atoms with E-state index >= 15 is 0 Å². The average Bonchev–Trinajstić information content (AvgIpc) is 3.53. The van der Waals surface area contributed by atoms with Gasteiger partial charge < -0.3 is 15.4 Å². The Hall–Kier alpha value is -4.70. The Morgan fingerprint density at radius 3 is 2.45 bits per heavy atom. The number of nitrogens with one attached hydrogen (secondary N) is 3. The molecular formula is C29H25N5O7S3. The minimum absolute atomic E-state index is 0.00531. The molecule has 44 heavy (non-hydrogen) atoms. The Balaban J connectivity index is 1.30. The van der Waals surface area contributed by atoms with E-state index in [9.17, 15) is 31.5 Å². The number of aromatic amines is 1. The number of benzene rings is 2. The summed E-state index contributed by atoms with van der Waals surface area (Å²) in [6.45, 7) is 0.505. The van der Waals surface area contributed by atoms with Gasteiger partial charge in [-0.1, -0.05) is 42.5 Å². The Morgan fingerprint density at radius 2 is 1.73 bits per heavy atom. The van der Waals surface area contributed by atoms with Gasteiger partial charge in [0.2, 0.25) is 9.84 Å². The maximum absolute atomic E-state index is 13.1. The molecule has 0 aliphatic carbocycles. The van der Waals surface area contributed by atoms with Crippen LogP contribution in [0.1, 0.15) is 11.4 Å². The summed E-state index contributed by atoms with van der Waals surface area (Å²) in [7, 11) is -8.42. The van der Waals surface area contributed by atoms with Crippen LogP contribution < -0.4 is 15.6 Å². The van der Waals surface area contributed by atoms with Gasteiger partial charge in [0, 0.05) is 19.2 Å². The number of hydrogen-bond acceptors (Lipinski definition) is 10. The molecule has 12 nitrogen and oxygen atoms in total. The van der Waals surface area contributed by atoms with Crippen molar-refractivity contribution < 1.29 is 26.7 Å². The topological polar surface area (TPSA) is 188 Å². The van der Waals surface area contributed by atoms with Gasteiger partial charge in [0.15, 0.2) is 0 Å². The Labute approximate surface area is 256 Å². The summed E-state index contributed by atoms with van der Waals surface area (Å²) < 4.78 is 53.4. The number of nitrogens with zero attached hydrogens (tertiary/aromatic N) is 2. The zero-order chi connectivity index (χ0) is 31.3. The number of pyridine rings is 1. The molecule has 0 spiro atoms. The number of rotatable bonds is 12. The quantitative estimate of drug-likeness (QED) is 0.156. The summed E-state index contributed by atoms with van der Waals surface area (Å²) in [5.41, 5.74) is 0.516. The molecule has 0 fully saturated rings. The zero-order valence-corrected chi connectivity index (χ0v) is 25.2. The van der Waals surface area contributed by atoms with Gasteiger partial charge in [-0.2, -0.15) is 4.72 Å². The number of hydrogen-bond donors (Lipinski definition) is 4. The summed E-state index contributed by atoms with van der Waals surface area (Å²) >= 11 is 0.496. The number of fused-ring (bicyclic) bond motifs is 1. The van der Waals surface area contributed by atoms with Crippen LogP contribution in [0.4, 0.5) is 5.82 Å². The summed E-state index contributed by atoms with van der Waals surface area (Å²) in [6, 6.07) is 18.6. The molecule has 0 amide bonds. The molecule has 0 bridgehead atoms. The number of aliphatic carboxylic acids is 1. The molecule has 1 atom stereocenters. The number of H-pyrrole nitrogens is 1. The molecule has 3 aromatic heterocycles. The molecule has 0 aliphatic rings. The number of carboxylic acid groups (broad SMARTS) is 1. The molecule has 5 aromatic rings. The second kappa shape index (κ2) is 12.9. The third-order valence-corrected chi connectivity index (χ3v) is 11.6. The van der Waals surface area contributed by atoms with Crippen molar-refractivity contribution in [3.8, 4) is 0 Å². The van der Waals surface area contributed by atoms with Gasteiger partial charge in [0.1, 0.15) is 26.1 Å². The lowest BCUT2D eigenvalue weighted by Crippen LogP contribution is -2.42. The van der Waals surface area contributed by atoms with Gasteiger partial charge in [-0.05, 0) is 54.1 Å². The van der Waals surface area contributed by atoms with Crippen LogP contribution in [0.15, 0.2) is 109 Å². The van der Waals surface area contributed by atoms with Gasteiger partial charge in [-0.15, -0.1) is 11.3 Å². The van der Waals surface area contributed by atoms with E-state index in [2.05, 4.69) is 25.0 Å². The fourth-order valence-electron chi connectivity index (χ4n) is 4.16. The molecule has 0 unspecified atom stereocenters. The van der Waals surface area contributed by atoms with Crippen LogP contribution in [-0.4, -0.2) is 55.4 Å². The molecule has 0 saturated carbocycles. The Bertz CT molecular complexity index is 2110. The smallest absolute Gasteiger partial charge is 0.322 e. The lowest BCUT2D eigenvalue weighted by Gasteiger charge is -2.14. The first kappa shape index (κ1) is 30.7. The van der Waals surface area contributed by atoms with Crippen molar-refractivity contribution in [2.24, 2.45) is 0 Å². The van der Waals surface area contributed by atoms with Crippen LogP contribution in [0.2, 0.25) is 0 Å². The van der Waals surface area contributed by atoms with Crippen molar-refractivity contribution in [3.05, 3.63) is 113 Å². The second-order valence-corrected chi connectivity index (χ2v) is 14.6. The van der Waals surface area contributed by atoms with Crippen LogP contribution in [0, 0.1) is 0 Å². The molecule has 3 heterocycles. The second-order valence-electron chi connectivity index (χ2n) is 9.39. The SMILES string of the molecule is O=C(O)[C@H](Cc1nc2ccc(C=CCNc3ccccn3)cc2c(=O)[nH]1)NS(=O)(=O)c1ccc(S(=O)(=O)c2ccccc2)s1. The van der Waals surface area contributed by atoms with Gasteiger partial charge in [-0.25, -0.2) is 26.8 Å². The number of sulfone groups is 1. The van der Waals surface area contributed by atoms with Crippen molar-refractivity contribution in [2.45, 2.75) is 25.8 Å². The fourth-order valence-corrected chi connectivity index (χ4v) is 8.55. The largest absolute Gasteiger partial charge is 0.480 e. The number of sulfonamides is 1. The maximum Gasteiger partial charge on any atom is 0.322 e. The molecule has 5 rings (SSSR count). The lowest BCUT2D eigenvalue weighted by atomic mass is 10.1. The fraction of sp³-hybridized carbons (Fsp3) is 0.103. The van der Waals surface area contributed by atoms with Gasteiger partial charge >= 0.3 is 5.97 Å². The molecule has 226 valence electrons. The highest BCUT2D eigenvalue weighted by atomic mass is 32.3. The molecule has 15 heteroatoms. The highest BCUT2D eigenvalue weighted by molar-refractivity contribution is 7.95. The predicted molar refractivity (Wildman–Crippen MR) is 166 cm³/mol. The minimum Gasteiger partial charge on any atom is -0.480 e. The van der Waals surface area contributed by atoms with Gasteiger partial charge in [0.25, 0.3) is 15.6 Å². The molecule has 0 aliphatic heterocycles. The van der Waals surface area contributed by atoms with Crippen LogP contribution in [0.25, 0.3) is 17.0 Å². The highest BCUT2D eigenvalue weighted by Crippen LogP contribution is 2.30. The molecule has 4 N–H and O–H groups in total. The van der Waals surface area contributed by atoms with E-state index in [0.29, 0.717) is 23.4 Å². The first-order valence-electron chi connectivity index (χ1n) is 13.0. The van der Waals surface area contributed by atoms with Crippen molar-refractivity contribution in [1.29, 1.82) is 0 Å². The maximum atomic E-state index is 13.1. The average molecular weight is 652 g/mol. The summed E-state index contributed by atoms with van der Waals surface area (Å²) in [5.74, 6) is -0.828. The van der Waals surface area contributed by atoms with E-state index in [0.717, 1.165) is 23.5 Å². The third-order valence-electron chi connectivity index (χ3n) is 6.29.